The molecule has 0 aliphatic carbocycles. The third-order valence-electron chi connectivity index (χ3n) is 2.66. The maximum atomic E-state index is 14.2. The summed E-state index contributed by atoms with van der Waals surface area (Å²) in [6, 6.07) is 9.70. The molecule has 7 nitrogen and oxygen atoms in total. The molecule has 110 valence electrons. The van der Waals surface area contributed by atoms with Crippen LogP contribution in [-0.2, 0) is 10.0 Å². The molecule has 0 aromatic heterocycles. The predicted octanol–water partition coefficient (Wildman–Crippen LogP) is 2.26. The number of nitrogens with two attached hydrogens (primary N) is 1. The molecule has 2 aromatic rings. The summed E-state index contributed by atoms with van der Waals surface area (Å²) in [5.41, 5.74) is -0.285. The number of non-ortho nitro benzene ring substituents is 1. The molecule has 2 N–H and O–H groups in total. The molecule has 0 amide bonds. The van der Waals surface area contributed by atoms with Gasteiger partial charge in [0.2, 0.25) is 10.0 Å². The average molecular weight is 311 g/mol. The fraction of sp³-hybridized carbons (Fsp3) is 0. The van der Waals surface area contributed by atoms with Gasteiger partial charge in [-0.2, -0.15) is 5.12 Å². The molecule has 0 heterocycles. The monoisotopic (exact) mass is 311 g/mol. The van der Waals surface area contributed by atoms with Crippen LogP contribution in [0.25, 0.3) is 0 Å². The summed E-state index contributed by atoms with van der Waals surface area (Å²) in [5, 5.41) is 15.8. The van der Waals surface area contributed by atoms with Gasteiger partial charge in [-0.25, -0.2) is 13.6 Å². The summed E-state index contributed by atoms with van der Waals surface area (Å²) in [6.07, 6.45) is 0. The van der Waals surface area contributed by atoms with Crippen molar-refractivity contribution in [3.63, 3.8) is 0 Å². The lowest BCUT2D eigenvalue weighted by atomic mass is 10.2. The van der Waals surface area contributed by atoms with E-state index in [0.717, 1.165) is 18.2 Å². The number of hydrogen-bond acceptors (Lipinski definition) is 5. The first-order valence-electron chi connectivity index (χ1n) is 5.62. The molecule has 0 spiro atoms. The number of nitro groups is 1. The minimum atomic E-state index is -3.86. The van der Waals surface area contributed by atoms with Crippen LogP contribution in [0.2, 0.25) is 0 Å². The summed E-state index contributed by atoms with van der Waals surface area (Å²) in [5.74, 6) is 0. The second-order valence-electron chi connectivity index (χ2n) is 4.10. The number of hydrogen-bond donors (Lipinski definition) is 1. The van der Waals surface area contributed by atoms with Gasteiger partial charge in [0, 0.05) is 12.1 Å². The highest BCUT2D eigenvalue weighted by Gasteiger charge is 2.14. The lowest BCUT2D eigenvalue weighted by Gasteiger charge is -2.13. The quantitative estimate of drug-likeness (QED) is 0.529. The van der Waals surface area contributed by atoms with Crippen LogP contribution in [0.1, 0.15) is 0 Å². The highest BCUT2D eigenvalue weighted by molar-refractivity contribution is 7.89. The van der Waals surface area contributed by atoms with Crippen LogP contribution >= 0.6 is 0 Å². The first kappa shape index (κ1) is 14.9. The molecule has 21 heavy (non-hydrogen) atoms. The van der Waals surface area contributed by atoms with Crippen LogP contribution < -0.4 is 10.3 Å². The molecule has 0 unspecified atom stereocenters. The Kier molecular flexibility index (Phi) is 3.87. The van der Waals surface area contributed by atoms with Crippen molar-refractivity contribution in [2.45, 2.75) is 4.90 Å². The zero-order valence-electron chi connectivity index (χ0n) is 10.5. The molecule has 0 bridgehead atoms. The molecule has 2 rings (SSSR count). The van der Waals surface area contributed by atoms with E-state index >= 15 is 0 Å². The molecule has 0 aliphatic heterocycles. The largest absolute Gasteiger partial charge is 0.271 e. The Hall–Kier alpha value is -2.52. The third kappa shape index (κ3) is 3.33. The molecule has 9 heteroatoms. The highest BCUT2D eigenvalue weighted by Crippen LogP contribution is 2.29. The van der Waals surface area contributed by atoms with Gasteiger partial charge in [-0.1, -0.05) is 10.5 Å². The second-order valence-corrected chi connectivity index (χ2v) is 5.66. The summed E-state index contributed by atoms with van der Waals surface area (Å²) < 4.78 is 36.4. The van der Waals surface area contributed by atoms with E-state index in [2.05, 4.69) is 0 Å². The number of primary sulfonamides is 1. The topological polar surface area (TPSA) is 107 Å². The van der Waals surface area contributed by atoms with E-state index in [1.165, 1.54) is 30.3 Å². The van der Waals surface area contributed by atoms with Crippen molar-refractivity contribution in [2.24, 2.45) is 5.14 Å². The van der Waals surface area contributed by atoms with E-state index < -0.39 is 14.9 Å². The maximum Gasteiger partial charge on any atom is 0.271 e. The van der Waals surface area contributed by atoms with Gasteiger partial charge >= 0.3 is 0 Å². The van der Waals surface area contributed by atoms with Gasteiger partial charge in [0.15, 0.2) is 0 Å². The van der Waals surface area contributed by atoms with E-state index in [1.54, 1.807) is 0 Å². The number of sulfonamides is 1. The van der Waals surface area contributed by atoms with Gasteiger partial charge in [0.05, 0.1) is 21.2 Å². The Morgan fingerprint density at radius 2 is 1.71 bits per heavy atom. The summed E-state index contributed by atoms with van der Waals surface area (Å²) in [7, 11) is -3.86. The fourth-order valence-corrected chi connectivity index (χ4v) is 2.16. The Morgan fingerprint density at radius 3 is 2.24 bits per heavy atom. The van der Waals surface area contributed by atoms with Crippen molar-refractivity contribution in [3.05, 3.63) is 58.6 Å². The Bertz CT molecular complexity index is 777. The van der Waals surface area contributed by atoms with Crippen molar-refractivity contribution in [2.75, 3.05) is 5.12 Å². The molecule has 0 aliphatic rings. The minimum absolute atomic E-state index is 0.0166. The number of nitro benzene ring substituents is 1. The Labute approximate surface area is 119 Å². The molecule has 0 fully saturated rings. The fourth-order valence-electron chi connectivity index (χ4n) is 1.64. The van der Waals surface area contributed by atoms with Gasteiger partial charge in [-0.05, 0) is 30.3 Å². The molecular formula is C12H10FN3O4S. The van der Waals surface area contributed by atoms with Crippen molar-refractivity contribution in [3.8, 4) is 0 Å². The maximum absolute atomic E-state index is 14.2. The minimum Gasteiger partial charge on any atom is -0.258 e. The Morgan fingerprint density at radius 1 is 1.10 bits per heavy atom. The van der Waals surface area contributed by atoms with Crippen molar-refractivity contribution >= 4 is 27.1 Å². The molecule has 0 saturated heterocycles. The van der Waals surface area contributed by atoms with Crippen molar-refractivity contribution < 1.29 is 17.8 Å². The van der Waals surface area contributed by atoms with Crippen LogP contribution in [0.4, 0.5) is 21.5 Å². The normalized spacial score (nSPS) is 11.1. The van der Waals surface area contributed by atoms with E-state index in [1.807, 2.05) is 0 Å². The highest BCUT2D eigenvalue weighted by atomic mass is 32.2. The predicted molar refractivity (Wildman–Crippen MR) is 74.2 cm³/mol. The van der Waals surface area contributed by atoms with Crippen LogP contribution in [0.3, 0.4) is 0 Å². The molecular weight excluding hydrogens is 301 g/mol. The molecule has 0 atom stereocenters. The van der Waals surface area contributed by atoms with Gasteiger partial charge in [0.1, 0.15) is 0 Å². The van der Waals surface area contributed by atoms with E-state index in [-0.39, 0.29) is 27.1 Å². The smallest absolute Gasteiger partial charge is 0.258 e. The average Bonchev–Trinajstić information content (AvgIpc) is 2.46. The van der Waals surface area contributed by atoms with E-state index in [4.69, 9.17) is 5.14 Å². The van der Waals surface area contributed by atoms with Gasteiger partial charge in [0.25, 0.3) is 5.69 Å². The molecule has 0 radical (unpaired) electrons. The second kappa shape index (κ2) is 5.46. The van der Waals surface area contributed by atoms with Crippen molar-refractivity contribution in [1.29, 1.82) is 0 Å². The first-order valence-corrected chi connectivity index (χ1v) is 7.17. The van der Waals surface area contributed by atoms with Crippen LogP contribution in [0.5, 0.6) is 0 Å². The van der Waals surface area contributed by atoms with E-state index in [9.17, 15) is 23.0 Å². The zero-order chi connectivity index (χ0) is 15.6. The number of nitrogens with zero attached hydrogens (tertiary/aromatic N) is 2. The standard InChI is InChI=1S/C12H10FN3O4S/c13-15(10-2-1-3-11(8-10)16(17)18)9-4-6-12(7-5-9)21(14,19)20/h1-8H,(H2,14,19,20). The number of halogens is 1. The number of anilines is 2. The van der Waals surface area contributed by atoms with Crippen LogP contribution in [-0.4, -0.2) is 13.3 Å². The molecule has 2 aromatic carbocycles. The van der Waals surface area contributed by atoms with Gasteiger partial charge in [-0.3, -0.25) is 10.1 Å². The summed E-state index contributed by atoms with van der Waals surface area (Å²) >= 11 is 0. The third-order valence-corrected chi connectivity index (χ3v) is 3.59. The summed E-state index contributed by atoms with van der Waals surface area (Å²) in [6.45, 7) is 0. The van der Waals surface area contributed by atoms with Crippen LogP contribution in [0, 0.1) is 10.1 Å². The van der Waals surface area contributed by atoms with E-state index in [0.29, 0.717) is 0 Å². The molecule has 0 saturated carbocycles. The first-order chi connectivity index (χ1) is 9.79. The van der Waals surface area contributed by atoms with Gasteiger partial charge < -0.3 is 0 Å². The van der Waals surface area contributed by atoms with Crippen molar-refractivity contribution in [1.82, 2.24) is 0 Å². The lowest BCUT2D eigenvalue weighted by Crippen LogP contribution is -2.12. The van der Waals surface area contributed by atoms with Gasteiger partial charge in [-0.15, -0.1) is 0 Å². The summed E-state index contributed by atoms with van der Waals surface area (Å²) in [4.78, 5) is 9.86. The number of rotatable bonds is 4. The Balaban J connectivity index is 2.34. The number of benzene rings is 2. The lowest BCUT2D eigenvalue weighted by molar-refractivity contribution is -0.384. The zero-order valence-corrected chi connectivity index (χ0v) is 11.3. The van der Waals surface area contributed by atoms with Crippen LogP contribution in [0.15, 0.2) is 53.4 Å². The SMILES string of the molecule is NS(=O)(=O)c1ccc(N(F)c2cccc([N+](=O)[O-])c2)cc1.